The van der Waals surface area contributed by atoms with Crippen molar-refractivity contribution < 1.29 is 9.13 Å². The molecule has 1 aliphatic carbocycles. The van der Waals surface area contributed by atoms with E-state index in [1.54, 1.807) is 23.8 Å². The minimum absolute atomic E-state index is 0.00949. The summed E-state index contributed by atoms with van der Waals surface area (Å²) < 4.78 is 19.6. The van der Waals surface area contributed by atoms with Crippen LogP contribution in [0.25, 0.3) is 5.70 Å². The molecule has 2 heterocycles. The minimum Gasteiger partial charge on any atom is -0.396 e. The molecular formula is C17H16Cl2FN3OS2. The first-order valence-corrected chi connectivity index (χ1v) is 10.7. The standard InChI is InChI=1S/C17H16Cl2FN3OS2/c18-10-3-9(4-11(19)14(10)20)26-17-15(16(24-17)8-1-2-8)22-5-12(21)13-6-25-7-23-13/h3-8,15-17,22H,1-2,21H2/b12-5-. The van der Waals surface area contributed by atoms with Crippen molar-refractivity contribution in [3.05, 3.63) is 50.8 Å². The highest BCUT2D eigenvalue weighted by atomic mass is 35.5. The molecule has 3 N–H and O–H groups in total. The van der Waals surface area contributed by atoms with Gasteiger partial charge in [-0.3, -0.25) is 0 Å². The highest BCUT2D eigenvalue weighted by Gasteiger charge is 2.50. The third-order valence-corrected chi connectivity index (χ3v) is 6.68. The Morgan fingerprint density at radius 3 is 2.73 bits per heavy atom. The average Bonchev–Trinajstić information content (AvgIpc) is 3.27. The number of thioether (sulfide) groups is 1. The van der Waals surface area contributed by atoms with Gasteiger partial charge in [0.1, 0.15) is 5.44 Å². The first-order chi connectivity index (χ1) is 12.5. The van der Waals surface area contributed by atoms with Crippen molar-refractivity contribution in [2.45, 2.75) is 35.3 Å². The fourth-order valence-corrected chi connectivity index (χ4v) is 5.22. The molecular weight excluding hydrogens is 416 g/mol. The third kappa shape index (κ3) is 3.82. The minimum atomic E-state index is -0.600. The second-order valence-electron chi connectivity index (χ2n) is 6.29. The van der Waals surface area contributed by atoms with Crippen LogP contribution in [0.3, 0.4) is 0 Å². The quantitative estimate of drug-likeness (QED) is 0.647. The number of nitrogens with zero attached hydrogens (tertiary/aromatic N) is 1. The Morgan fingerprint density at radius 2 is 2.12 bits per heavy atom. The Bertz CT molecular complexity index is 806. The van der Waals surface area contributed by atoms with Crippen molar-refractivity contribution >= 4 is 52.0 Å². The molecule has 0 bridgehead atoms. The van der Waals surface area contributed by atoms with Crippen molar-refractivity contribution in [2.24, 2.45) is 11.7 Å². The van der Waals surface area contributed by atoms with E-state index < -0.39 is 5.82 Å². The summed E-state index contributed by atoms with van der Waals surface area (Å²) in [5.41, 5.74) is 9.04. The summed E-state index contributed by atoms with van der Waals surface area (Å²) in [4.78, 5) is 4.97. The lowest BCUT2D eigenvalue weighted by atomic mass is 10.0. The third-order valence-electron chi connectivity index (χ3n) is 4.39. The van der Waals surface area contributed by atoms with E-state index >= 15 is 0 Å². The Balaban J connectivity index is 1.46. The van der Waals surface area contributed by atoms with Crippen molar-refractivity contribution in [1.29, 1.82) is 0 Å². The van der Waals surface area contributed by atoms with Crippen LogP contribution in [0.2, 0.25) is 10.0 Å². The van der Waals surface area contributed by atoms with Gasteiger partial charge >= 0.3 is 0 Å². The summed E-state index contributed by atoms with van der Waals surface area (Å²) in [6, 6.07) is 3.24. The molecule has 0 amide bonds. The first kappa shape index (κ1) is 18.4. The largest absolute Gasteiger partial charge is 0.396 e. The molecule has 1 saturated heterocycles. The summed E-state index contributed by atoms with van der Waals surface area (Å²) in [5, 5.41) is 5.30. The van der Waals surface area contributed by atoms with Crippen LogP contribution in [0, 0.1) is 11.7 Å². The fourth-order valence-electron chi connectivity index (χ4n) is 2.84. The number of hydrogen-bond donors (Lipinski definition) is 2. The number of nitrogens with one attached hydrogen (secondary N) is 1. The maximum absolute atomic E-state index is 13.6. The molecule has 9 heteroatoms. The Hall–Kier alpha value is -0.990. The van der Waals surface area contributed by atoms with Crippen LogP contribution >= 0.6 is 46.3 Å². The van der Waals surface area contributed by atoms with E-state index in [4.69, 9.17) is 33.7 Å². The monoisotopic (exact) mass is 431 g/mol. The van der Waals surface area contributed by atoms with E-state index in [9.17, 15) is 4.39 Å². The van der Waals surface area contributed by atoms with E-state index in [-0.39, 0.29) is 27.6 Å². The zero-order valence-corrected chi connectivity index (χ0v) is 16.6. The maximum atomic E-state index is 13.6. The number of hydrogen-bond acceptors (Lipinski definition) is 6. The number of rotatable bonds is 6. The van der Waals surface area contributed by atoms with Gasteiger partial charge in [-0.1, -0.05) is 35.0 Å². The van der Waals surface area contributed by atoms with Gasteiger partial charge in [-0.2, -0.15) is 0 Å². The van der Waals surface area contributed by atoms with Crippen molar-refractivity contribution in [3.8, 4) is 0 Å². The van der Waals surface area contributed by atoms with Crippen molar-refractivity contribution in [2.75, 3.05) is 0 Å². The van der Waals surface area contributed by atoms with Crippen LogP contribution in [0.1, 0.15) is 18.5 Å². The zero-order chi connectivity index (χ0) is 18.3. The number of halogens is 3. The van der Waals surface area contributed by atoms with Gasteiger partial charge in [-0.15, -0.1) is 11.3 Å². The van der Waals surface area contributed by atoms with E-state index in [1.807, 2.05) is 5.38 Å². The second-order valence-corrected chi connectivity index (χ2v) is 9.00. The van der Waals surface area contributed by atoms with Gasteiger partial charge in [-0.05, 0) is 30.9 Å². The molecule has 4 nitrogen and oxygen atoms in total. The average molecular weight is 432 g/mol. The molecule has 0 radical (unpaired) electrons. The summed E-state index contributed by atoms with van der Waals surface area (Å²) in [6.45, 7) is 0. The predicted molar refractivity (Wildman–Crippen MR) is 105 cm³/mol. The molecule has 1 saturated carbocycles. The van der Waals surface area contributed by atoms with Crippen molar-refractivity contribution in [3.63, 3.8) is 0 Å². The molecule has 4 rings (SSSR count). The molecule has 2 aliphatic rings. The highest BCUT2D eigenvalue weighted by molar-refractivity contribution is 7.99. The first-order valence-electron chi connectivity index (χ1n) is 8.10. The Morgan fingerprint density at radius 1 is 1.38 bits per heavy atom. The normalized spacial score (nSPS) is 25.8. The van der Waals surface area contributed by atoms with Crippen LogP contribution in [0.4, 0.5) is 4.39 Å². The summed E-state index contributed by atoms with van der Waals surface area (Å²) in [6.07, 6.45) is 4.30. The SMILES string of the molecule is N/C(=C\NC1C(Sc2cc(Cl)c(F)c(Cl)c2)OC1C1CC1)c1cscn1. The van der Waals surface area contributed by atoms with Gasteiger partial charge in [0.15, 0.2) is 5.82 Å². The lowest BCUT2D eigenvalue weighted by Crippen LogP contribution is -2.59. The fraction of sp³-hybridized carbons (Fsp3) is 0.353. The van der Waals surface area contributed by atoms with E-state index in [2.05, 4.69) is 10.3 Å². The molecule has 2 aromatic rings. The summed E-state index contributed by atoms with van der Waals surface area (Å²) in [5.74, 6) is -0.0182. The molecule has 1 aromatic heterocycles. The van der Waals surface area contributed by atoms with Crippen LogP contribution in [0.5, 0.6) is 0 Å². The molecule has 3 atom stereocenters. The van der Waals surface area contributed by atoms with E-state index in [0.717, 1.165) is 10.6 Å². The maximum Gasteiger partial charge on any atom is 0.160 e. The molecule has 1 aromatic carbocycles. The molecule has 0 spiro atoms. The number of ether oxygens (including phenoxy) is 1. The molecule has 26 heavy (non-hydrogen) atoms. The lowest BCUT2D eigenvalue weighted by Gasteiger charge is -2.45. The van der Waals surface area contributed by atoms with Gasteiger partial charge in [0.05, 0.1) is 39.1 Å². The van der Waals surface area contributed by atoms with Gasteiger partial charge in [0.2, 0.25) is 0 Å². The van der Waals surface area contributed by atoms with E-state index in [0.29, 0.717) is 11.6 Å². The topological polar surface area (TPSA) is 60.2 Å². The number of nitrogens with two attached hydrogens (primary N) is 1. The van der Waals surface area contributed by atoms with Gasteiger partial charge < -0.3 is 15.8 Å². The van der Waals surface area contributed by atoms with Crippen LogP contribution in [-0.2, 0) is 4.74 Å². The zero-order valence-electron chi connectivity index (χ0n) is 13.5. The predicted octanol–water partition coefficient (Wildman–Crippen LogP) is 4.73. The van der Waals surface area contributed by atoms with Gasteiger partial charge in [-0.25, -0.2) is 9.37 Å². The summed E-state index contributed by atoms with van der Waals surface area (Å²) >= 11 is 14.7. The number of aromatic nitrogens is 1. The molecule has 3 unspecified atom stereocenters. The van der Waals surface area contributed by atoms with Crippen LogP contribution in [-0.4, -0.2) is 22.6 Å². The smallest absolute Gasteiger partial charge is 0.160 e. The Labute approximate surface area is 168 Å². The van der Waals surface area contributed by atoms with E-state index in [1.165, 1.54) is 35.9 Å². The summed E-state index contributed by atoms with van der Waals surface area (Å²) in [7, 11) is 0. The molecule has 138 valence electrons. The molecule has 2 fully saturated rings. The van der Waals surface area contributed by atoms with Gasteiger partial charge in [0, 0.05) is 16.5 Å². The van der Waals surface area contributed by atoms with Crippen molar-refractivity contribution in [1.82, 2.24) is 10.3 Å². The van der Waals surface area contributed by atoms with Crippen LogP contribution < -0.4 is 11.1 Å². The second kappa shape index (κ2) is 7.56. The molecule has 1 aliphatic heterocycles. The van der Waals surface area contributed by atoms with Gasteiger partial charge in [0.25, 0.3) is 0 Å². The lowest BCUT2D eigenvalue weighted by molar-refractivity contribution is -0.116. The highest BCUT2D eigenvalue weighted by Crippen LogP contribution is 2.47. The van der Waals surface area contributed by atoms with Crippen LogP contribution in [0.15, 0.2) is 34.1 Å². The number of thiazole rings is 1. The number of benzene rings is 1. The Kier molecular flexibility index (Phi) is 5.34.